The number of amides is 1. The molecule has 1 atom stereocenters. The van der Waals surface area contributed by atoms with E-state index in [4.69, 9.17) is 4.74 Å². The van der Waals surface area contributed by atoms with E-state index in [1.807, 2.05) is 18.2 Å². The van der Waals surface area contributed by atoms with Gasteiger partial charge in [-0.1, -0.05) is 18.2 Å². The number of carbonyl (C=O) groups excluding carboxylic acids is 2. The van der Waals surface area contributed by atoms with Gasteiger partial charge in [-0.15, -0.1) is 6.58 Å². The van der Waals surface area contributed by atoms with Crippen LogP contribution in [0.2, 0.25) is 0 Å². The van der Waals surface area contributed by atoms with E-state index < -0.39 is 5.54 Å². The number of benzene rings is 1. The van der Waals surface area contributed by atoms with Crippen molar-refractivity contribution in [3.05, 3.63) is 47.0 Å². The Balaban J connectivity index is 2.44. The molecular formula is C17H20BrNO3. The number of ether oxygens (including phenoxy) is 1. The summed E-state index contributed by atoms with van der Waals surface area (Å²) >= 11 is 3.41. The van der Waals surface area contributed by atoms with Crippen molar-refractivity contribution < 1.29 is 14.3 Å². The number of hydrogen-bond donors (Lipinski definition) is 0. The number of methoxy groups -OCH3 is 1. The minimum absolute atomic E-state index is 0.153. The van der Waals surface area contributed by atoms with Crippen LogP contribution in [0, 0.1) is 0 Å². The Morgan fingerprint density at radius 1 is 1.41 bits per heavy atom. The molecule has 1 aliphatic rings. The molecule has 2 rings (SSSR count). The molecule has 1 fully saturated rings. The Morgan fingerprint density at radius 2 is 2.14 bits per heavy atom. The van der Waals surface area contributed by atoms with Crippen LogP contribution >= 0.6 is 15.9 Å². The van der Waals surface area contributed by atoms with Gasteiger partial charge in [-0.25, -0.2) is 4.79 Å². The second-order valence-electron chi connectivity index (χ2n) is 5.41. The van der Waals surface area contributed by atoms with E-state index in [2.05, 4.69) is 22.5 Å². The molecule has 0 saturated carbocycles. The van der Waals surface area contributed by atoms with Crippen molar-refractivity contribution in [1.29, 1.82) is 0 Å². The van der Waals surface area contributed by atoms with E-state index in [-0.39, 0.29) is 11.9 Å². The Morgan fingerprint density at radius 3 is 2.77 bits per heavy atom. The minimum Gasteiger partial charge on any atom is -0.467 e. The highest BCUT2D eigenvalue weighted by Gasteiger charge is 2.48. The van der Waals surface area contributed by atoms with Crippen molar-refractivity contribution in [2.75, 3.05) is 13.7 Å². The molecule has 0 bridgehead atoms. The monoisotopic (exact) mass is 365 g/mol. The normalized spacial score (nSPS) is 21.3. The number of rotatable bonds is 4. The average molecular weight is 366 g/mol. The second kappa shape index (κ2) is 7.09. The first kappa shape index (κ1) is 16.7. The van der Waals surface area contributed by atoms with Gasteiger partial charge in [-0.3, -0.25) is 4.79 Å². The van der Waals surface area contributed by atoms with Gasteiger partial charge in [0.25, 0.3) is 5.91 Å². The van der Waals surface area contributed by atoms with Crippen LogP contribution in [0.15, 0.2) is 41.4 Å². The third-order valence-electron chi connectivity index (χ3n) is 4.14. The van der Waals surface area contributed by atoms with Crippen LogP contribution in [-0.4, -0.2) is 36.0 Å². The molecule has 1 heterocycles. The Bertz CT molecular complexity index is 587. The summed E-state index contributed by atoms with van der Waals surface area (Å²) in [6.07, 6.45) is 4.45. The third kappa shape index (κ3) is 2.95. The van der Waals surface area contributed by atoms with Crippen LogP contribution in [0.3, 0.4) is 0 Å². The first-order valence-corrected chi connectivity index (χ1v) is 8.12. The lowest BCUT2D eigenvalue weighted by Gasteiger charge is -2.44. The molecule has 22 heavy (non-hydrogen) atoms. The number of carbonyl (C=O) groups is 2. The highest BCUT2D eigenvalue weighted by molar-refractivity contribution is 9.10. The van der Waals surface area contributed by atoms with Crippen LogP contribution in [0.1, 0.15) is 36.0 Å². The van der Waals surface area contributed by atoms with Gasteiger partial charge in [0, 0.05) is 11.0 Å². The van der Waals surface area contributed by atoms with Gasteiger partial charge in [-0.05, 0) is 53.7 Å². The van der Waals surface area contributed by atoms with Crippen molar-refractivity contribution in [2.45, 2.75) is 31.2 Å². The van der Waals surface area contributed by atoms with Gasteiger partial charge < -0.3 is 9.64 Å². The summed E-state index contributed by atoms with van der Waals surface area (Å²) in [5.41, 5.74) is -0.386. The fourth-order valence-electron chi connectivity index (χ4n) is 3.05. The topological polar surface area (TPSA) is 46.6 Å². The lowest BCUT2D eigenvalue weighted by molar-refractivity contribution is -0.155. The number of nitrogens with zero attached hydrogens (tertiary/aromatic N) is 1. The van der Waals surface area contributed by atoms with Crippen LogP contribution in [-0.2, 0) is 9.53 Å². The molecule has 5 heteroatoms. The van der Waals surface area contributed by atoms with Crippen LogP contribution in [0.5, 0.6) is 0 Å². The molecule has 0 aromatic heterocycles. The maximum Gasteiger partial charge on any atom is 0.332 e. The predicted molar refractivity (Wildman–Crippen MR) is 88.6 cm³/mol. The molecule has 4 nitrogen and oxygen atoms in total. The van der Waals surface area contributed by atoms with Crippen molar-refractivity contribution in [3.63, 3.8) is 0 Å². The average Bonchev–Trinajstić information content (AvgIpc) is 2.54. The van der Waals surface area contributed by atoms with E-state index in [1.165, 1.54) is 7.11 Å². The molecule has 118 valence electrons. The van der Waals surface area contributed by atoms with Crippen LogP contribution in [0.4, 0.5) is 0 Å². The lowest BCUT2D eigenvalue weighted by Crippen LogP contribution is -2.59. The number of piperidine rings is 1. The predicted octanol–water partition coefficient (Wildman–Crippen LogP) is 3.56. The highest BCUT2D eigenvalue weighted by Crippen LogP contribution is 2.35. The van der Waals surface area contributed by atoms with E-state index >= 15 is 0 Å². The smallest absolute Gasteiger partial charge is 0.332 e. The summed E-state index contributed by atoms with van der Waals surface area (Å²) in [5, 5.41) is 0. The van der Waals surface area contributed by atoms with Gasteiger partial charge in [0.15, 0.2) is 0 Å². The number of likely N-dealkylation sites (tertiary alicyclic amines) is 1. The number of hydrogen-bond acceptors (Lipinski definition) is 3. The Labute approximate surface area is 139 Å². The SMILES string of the molecule is C=CCC1(C(=O)OC)CCCCN1C(=O)c1ccccc1Br. The first-order chi connectivity index (χ1) is 10.6. The van der Waals surface area contributed by atoms with Crippen LogP contribution in [0.25, 0.3) is 0 Å². The highest BCUT2D eigenvalue weighted by atomic mass is 79.9. The van der Waals surface area contributed by atoms with E-state index in [0.29, 0.717) is 24.9 Å². The fraction of sp³-hybridized carbons (Fsp3) is 0.412. The molecule has 0 radical (unpaired) electrons. The molecular weight excluding hydrogens is 346 g/mol. The lowest BCUT2D eigenvalue weighted by atomic mass is 9.83. The molecule has 0 N–H and O–H groups in total. The first-order valence-electron chi connectivity index (χ1n) is 7.32. The maximum atomic E-state index is 13.0. The summed E-state index contributed by atoms with van der Waals surface area (Å²) in [4.78, 5) is 27.1. The summed E-state index contributed by atoms with van der Waals surface area (Å²) in [5.74, 6) is -0.521. The zero-order valence-electron chi connectivity index (χ0n) is 12.7. The second-order valence-corrected chi connectivity index (χ2v) is 6.26. The summed E-state index contributed by atoms with van der Waals surface area (Å²) < 4.78 is 5.72. The molecule has 0 spiro atoms. The molecule has 0 aliphatic carbocycles. The maximum absolute atomic E-state index is 13.0. The van der Waals surface area contributed by atoms with Crippen molar-refractivity contribution in [2.24, 2.45) is 0 Å². The van der Waals surface area contributed by atoms with Gasteiger partial charge in [0.2, 0.25) is 0 Å². The van der Waals surface area contributed by atoms with Crippen molar-refractivity contribution >= 4 is 27.8 Å². The van der Waals surface area contributed by atoms with Crippen molar-refractivity contribution in [3.8, 4) is 0 Å². The summed E-state index contributed by atoms with van der Waals surface area (Å²) in [6.45, 7) is 4.29. The van der Waals surface area contributed by atoms with E-state index in [1.54, 1.807) is 17.0 Å². The Hall–Kier alpha value is -1.62. The molecule has 1 aromatic rings. The standard InChI is InChI=1S/C17H20BrNO3/c1-3-10-17(16(21)22-2)11-6-7-12-19(17)15(20)13-8-4-5-9-14(13)18/h3-5,8-9H,1,6-7,10-12H2,2H3. The zero-order valence-corrected chi connectivity index (χ0v) is 14.3. The van der Waals surface area contributed by atoms with Gasteiger partial charge in [0.1, 0.15) is 5.54 Å². The van der Waals surface area contributed by atoms with E-state index in [0.717, 1.165) is 17.3 Å². The molecule has 1 aliphatic heterocycles. The fourth-order valence-corrected chi connectivity index (χ4v) is 3.50. The number of esters is 1. The summed E-state index contributed by atoms with van der Waals surface area (Å²) in [7, 11) is 1.36. The van der Waals surface area contributed by atoms with Gasteiger partial charge in [-0.2, -0.15) is 0 Å². The van der Waals surface area contributed by atoms with Gasteiger partial charge >= 0.3 is 5.97 Å². The number of halogens is 1. The van der Waals surface area contributed by atoms with E-state index in [9.17, 15) is 9.59 Å². The van der Waals surface area contributed by atoms with Crippen LogP contribution < -0.4 is 0 Å². The third-order valence-corrected chi connectivity index (χ3v) is 4.83. The minimum atomic E-state index is -0.943. The quantitative estimate of drug-likeness (QED) is 0.605. The largest absolute Gasteiger partial charge is 0.467 e. The Kier molecular flexibility index (Phi) is 5.40. The summed E-state index contributed by atoms with van der Waals surface area (Å²) in [6, 6.07) is 7.26. The van der Waals surface area contributed by atoms with Gasteiger partial charge in [0.05, 0.1) is 12.7 Å². The molecule has 1 aromatic carbocycles. The molecule has 1 saturated heterocycles. The molecule has 1 unspecified atom stereocenters. The molecule has 1 amide bonds. The van der Waals surface area contributed by atoms with Crippen molar-refractivity contribution in [1.82, 2.24) is 4.90 Å². The zero-order chi connectivity index (χ0) is 16.2.